The Hall–Kier alpha value is -2.80. The quantitative estimate of drug-likeness (QED) is 0.731. The van der Waals surface area contributed by atoms with Crippen molar-refractivity contribution in [1.29, 1.82) is 0 Å². The second-order valence-corrected chi connectivity index (χ2v) is 6.59. The van der Waals surface area contributed by atoms with Crippen molar-refractivity contribution in [2.75, 3.05) is 11.9 Å². The summed E-state index contributed by atoms with van der Waals surface area (Å²) in [6.07, 6.45) is -0.282. The van der Waals surface area contributed by atoms with Crippen molar-refractivity contribution in [2.24, 2.45) is 0 Å². The molecule has 0 saturated heterocycles. The van der Waals surface area contributed by atoms with Crippen LogP contribution in [0.1, 0.15) is 46.0 Å². The molecule has 0 saturated carbocycles. The fourth-order valence-electron chi connectivity index (χ4n) is 2.49. The van der Waals surface area contributed by atoms with Crippen LogP contribution < -0.4 is 5.32 Å². The summed E-state index contributed by atoms with van der Waals surface area (Å²) in [5, 5.41) is 2.93. The van der Waals surface area contributed by atoms with Gasteiger partial charge in [-0.1, -0.05) is 23.7 Å². The van der Waals surface area contributed by atoms with Gasteiger partial charge < -0.3 is 19.8 Å². The van der Waals surface area contributed by atoms with Crippen molar-refractivity contribution in [3.63, 3.8) is 0 Å². The third kappa shape index (κ3) is 5.10. The van der Waals surface area contributed by atoms with E-state index >= 15 is 0 Å². The highest BCUT2D eigenvalue weighted by atomic mass is 35.5. The van der Waals surface area contributed by atoms with Crippen LogP contribution in [0.25, 0.3) is 0 Å². The molecule has 0 spiro atoms. The molecule has 1 heterocycles. The molecule has 8 heteroatoms. The van der Waals surface area contributed by atoms with Gasteiger partial charge in [-0.15, -0.1) is 0 Å². The molecule has 0 radical (unpaired) electrons. The smallest absolute Gasteiger partial charge is 0.355 e. The van der Waals surface area contributed by atoms with Gasteiger partial charge in [-0.05, 0) is 45.4 Å². The first-order valence-electron chi connectivity index (χ1n) is 8.32. The summed E-state index contributed by atoms with van der Waals surface area (Å²) in [4.78, 5) is 39.2. The van der Waals surface area contributed by atoms with Crippen LogP contribution in [0.2, 0.25) is 5.02 Å². The molecule has 1 aromatic carbocycles. The lowest BCUT2D eigenvalue weighted by Crippen LogP contribution is -2.21. The largest absolute Gasteiger partial charge is 0.459 e. The minimum Gasteiger partial charge on any atom is -0.459 e. The Morgan fingerprint density at radius 3 is 2.44 bits per heavy atom. The molecule has 1 amide bonds. The second kappa shape index (κ2) is 8.73. The summed E-state index contributed by atoms with van der Waals surface area (Å²) >= 11 is 5.96. The van der Waals surface area contributed by atoms with Crippen molar-refractivity contribution in [3.8, 4) is 0 Å². The van der Waals surface area contributed by atoms with Crippen LogP contribution >= 0.6 is 11.6 Å². The van der Waals surface area contributed by atoms with Crippen LogP contribution in [0.5, 0.6) is 0 Å². The maximum Gasteiger partial charge on any atom is 0.355 e. The number of aromatic nitrogens is 1. The summed E-state index contributed by atoms with van der Waals surface area (Å²) in [5.74, 6) is -1.79. The minimum atomic E-state index is -0.742. The van der Waals surface area contributed by atoms with Gasteiger partial charge in [0.05, 0.1) is 22.4 Å². The molecule has 0 bridgehead atoms. The number of para-hydroxylation sites is 1. The lowest BCUT2D eigenvalue weighted by Gasteiger charge is -2.09. The fourth-order valence-corrected chi connectivity index (χ4v) is 2.67. The van der Waals surface area contributed by atoms with Gasteiger partial charge >= 0.3 is 11.9 Å². The van der Waals surface area contributed by atoms with Crippen LogP contribution in [0.4, 0.5) is 5.69 Å². The Kier molecular flexibility index (Phi) is 6.63. The number of nitrogens with one attached hydrogen (secondary N) is 2. The monoisotopic (exact) mass is 392 g/mol. The fraction of sp³-hybridized carbons (Fsp3) is 0.316. The molecule has 1 aromatic heterocycles. The van der Waals surface area contributed by atoms with E-state index in [0.717, 1.165) is 0 Å². The summed E-state index contributed by atoms with van der Waals surface area (Å²) in [5.41, 5.74) is 1.72. The van der Waals surface area contributed by atoms with E-state index in [9.17, 15) is 14.4 Å². The molecule has 144 valence electrons. The van der Waals surface area contributed by atoms with E-state index in [4.69, 9.17) is 21.1 Å². The van der Waals surface area contributed by atoms with Crippen LogP contribution in [0, 0.1) is 13.8 Å². The zero-order chi connectivity index (χ0) is 20.1. The van der Waals surface area contributed by atoms with Crippen molar-refractivity contribution < 1.29 is 23.9 Å². The van der Waals surface area contributed by atoms with Gasteiger partial charge in [0.15, 0.2) is 6.61 Å². The maximum atomic E-state index is 12.3. The Balaban J connectivity index is 2.03. The number of carbonyl (C=O) groups is 3. The molecule has 0 aliphatic heterocycles. The molecule has 2 N–H and O–H groups in total. The summed E-state index contributed by atoms with van der Waals surface area (Å²) in [7, 11) is 0. The van der Waals surface area contributed by atoms with Crippen LogP contribution in [-0.4, -0.2) is 35.5 Å². The molecular weight excluding hydrogens is 372 g/mol. The van der Waals surface area contributed by atoms with E-state index in [0.29, 0.717) is 22.0 Å². The number of ether oxygens (including phenoxy) is 2. The average molecular weight is 393 g/mol. The minimum absolute atomic E-state index is 0.105. The average Bonchev–Trinajstić information content (AvgIpc) is 2.89. The Morgan fingerprint density at radius 1 is 1.15 bits per heavy atom. The van der Waals surface area contributed by atoms with Crippen LogP contribution in [0.3, 0.4) is 0 Å². The van der Waals surface area contributed by atoms with E-state index in [1.807, 2.05) is 0 Å². The number of esters is 2. The van der Waals surface area contributed by atoms with Crippen molar-refractivity contribution >= 4 is 35.1 Å². The van der Waals surface area contributed by atoms with Gasteiger partial charge in [0.1, 0.15) is 5.69 Å². The zero-order valence-corrected chi connectivity index (χ0v) is 16.3. The Morgan fingerprint density at radius 2 is 1.81 bits per heavy atom. The first kappa shape index (κ1) is 20.5. The van der Waals surface area contributed by atoms with E-state index < -0.39 is 24.5 Å². The van der Waals surface area contributed by atoms with Crippen molar-refractivity contribution in [1.82, 2.24) is 4.98 Å². The standard InChI is InChI=1S/C19H21ClN2O5/c1-10(2)27-18(24)16-11(3)17(21-12(16)4)19(25)26-9-15(23)22-14-8-6-5-7-13(14)20/h5-8,10,21H,9H2,1-4H3,(H,22,23). The topological polar surface area (TPSA) is 97.5 Å². The van der Waals surface area contributed by atoms with Gasteiger partial charge in [0, 0.05) is 5.69 Å². The number of aromatic amines is 1. The molecule has 0 atom stereocenters. The van der Waals surface area contributed by atoms with Gasteiger partial charge in [-0.2, -0.15) is 0 Å². The number of carbonyl (C=O) groups excluding carboxylic acids is 3. The van der Waals surface area contributed by atoms with Crippen LogP contribution in [-0.2, 0) is 14.3 Å². The summed E-state index contributed by atoms with van der Waals surface area (Å²) in [6.45, 7) is 6.25. The summed E-state index contributed by atoms with van der Waals surface area (Å²) < 4.78 is 10.2. The predicted molar refractivity (Wildman–Crippen MR) is 101 cm³/mol. The van der Waals surface area contributed by atoms with E-state index in [1.54, 1.807) is 52.0 Å². The molecule has 0 unspecified atom stereocenters. The van der Waals surface area contributed by atoms with E-state index in [1.165, 1.54) is 0 Å². The number of benzene rings is 1. The number of aryl methyl sites for hydroxylation is 1. The highest BCUT2D eigenvalue weighted by Crippen LogP contribution is 2.21. The number of anilines is 1. The number of amides is 1. The first-order valence-corrected chi connectivity index (χ1v) is 8.70. The highest BCUT2D eigenvalue weighted by molar-refractivity contribution is 6.33. The number of H-pyrrole nitrogens is 1. The predicted octanol–water partition coefficient (Wildman–Crippen LogP) is 3.65. The first-order chi connectivity index (χ1) is 12.7. The Labute approximate surface area is 162 Å². The normalized spacial score (nSPS) is 10.6. The van der Waals surface area contributed by atoms with Crippen molar-refractivity contribution in [2.45, 2.75) is 33.8 Å². The maximum absolute atomic E-state index is 12.3. The lowest BCUT2D eigenvalue weighted by molar-refractivity contribution is -0.119. The number of rotatable bonds is 6. The van der Waals surface area contributed by atoms with Crippen LogP contribution in [0.15, 0.2) is 24.3 Å². The number of hydrogen-bond acceptors (Lipinski definition) is 5. The molecule has 27 heavy (non-hydrogen) atoms. The molecule has 7 nitrogen and oxygen atoms in total. The van der Waals surface area contributed by atoms with Gasteiger partial charge in [-0.3, -0.25) is 4.79 Å². The zero-order valence-electron chi connectivity index (χ0n) is 15.5. The van der Waals surface area contributed by atoms with Gasteiger partial charge in [-0.25, -0.2) is 9.59 Å². The molecule has 0 fully saturated rings. The molecule has 0 aliphatic carbocycles. The second-order valence-electron chi connectivity index (χ2n) is 6.18. The molecule has 2 rings (SSSR count). The van der Waals surface area contributed by atoms with E-state index in [2.05, 4.69) is 10.3 Å². The van der Waals surface area contributed by atoms with E-state index in [-0.39, 0.29) is 17.4 Å². The number of halogens is 1. The third-order valence-electron chi connectivity index (χ3n) is 3.67. The van der Waals surface area contributed by atoms with Gasteiger partial charge in [0.2, 0.25) is 0 Å². The SMILES string of the molecule is Cc1[nH]c(C(=O)OCC(=O)Nc2ccccc2Cl)c(C)c1C(=O)OC(C)C. The lowest BCUT2D eigenvalue weighted by atomic mass is 10.1. The van der Waals surface area contributed by atoms with Crippen molar-refractivity contribution in [3.05, 3.63) is 51.8 Å². The molecular formula is C19H21ClN2O5. The number of hydrogen-bond donors (Lipinski definition) is 2. The third-order valence-corrected chi connectivity index (χ3v) is 4.00. The Bertz CT molecular complexity index is 873. The highest BCUT2D eigenvalue weighted by Gasteiger charge is 2.24. The molecule has 0 aliphatic rings. The molecule has 2 aromatic rings. The summed E-state index contributed by atoms with van der Waals surface area (Å²) in [6, 6.07) is 6.71. The van der Waals surface area contributed by atoms with Gasteiger partial charge in [0.25, 0.3) is 5.91 Å².